The second kappa shape index (κ2) is 2.72. The van der Waals surface area contributed by atoms with Crippen LogP contribution in [-0.4, -0.2) is 34.5 Å². The summed E-state index contributed by atoms with van der Waals surface area (Å²) in [7, 11) is 0. The van der Waals surface area contributed by atoms with E-state index in [2.05, 4.69) is 24.1 Å². The Bertz CT molecular complexity index is 266. The summed E-state index contributed by atoms with van der Waals surface area (Å²) in [6.07, 6.45) is 2.51. The van der Waals surface area contributed by atoms with Crippen LogP contribution in [0.3, 0.4) is 0 Å². The van der Waals surface area contributed by atoms with E-state index in [1.165, 1.54) is 12.8 Å². The fraction of sp³-hybridized carbons (Fsp3) is 0.909. The van der Waals surface area contributed by atoms with E-state index in [0.29, 0.717) is 6.04 Å². The van der Waals surface area contributed by atoms with Crippen molar-refractivity contribution in [3.8, 4) is 0 Å². The number of nitrogens with one attached hydrogen (secondary N) is 1. The molecule has 3 heteroatoms. The number of carbonyl (C=O) groups is 1. The molecule has 1 aliphatic heterocycles. The summed E-state index contributed by atoms with van der Waals surface area (Å²) in [6.45, 7) is 9.20. The number of hydrogen-bond donors (Lipinski definition) is 1. The van der Waals surface area contributed by atoms with Crippen molar-refractivity contribution in [3.05, 3.63) is 0 Å². The van der Waals surface area contributed by atoms with Gasteiger partial charge in [-0.3, -0.25) is 9.69 Å². The highest BCUT2D eigenvalue weighted by Crippen LogP contribution is 2.36. The van der Waals surface area contributed by atoms with E-state index >= 15 is 0 Å². The second-order valence-electron chi connectivity index (χ2n) is 5.76. The zero-order valence-electron chi connectivity index (χ0n) is 9.55. The minimum atomic E-state index is -0.323. The molecule has 0 unspecified atom stereocenters. The molecular formula is C11H20N2O. The summed E-state index contributed by atoms with van der Waals surface area (Å²) in [6, 6.07) is 0.648. The number of nitrogens with zero attached hydrogens (tertiary/aromatic N) is 1. The van der Waals surface area contributed by atoms with Gasteiger partial charge in [-0.2, -0.15) is 0 Å². The Morgan fingerprint density at radius 1 is 1.29 bits per heavy atom. The molecule has 2 rings (SSSR count). The maximum Gasteiger partial charge on any atom is 0.240 e. The van der Waals surface area contributed by atoms with Crippen molar-refractivity contribution in [2.75, 3.05) is 6.54 Å². The lowest BCUT2D eigenvalue weighted by Gasteiger charge is -2.48. The van der Waals surface area contributed by atoms with Gasteiger partial charge in [-0.1, -0.05) is 0 Å². The van der Waals surface area contributed by atoms with Gasteiger partial charge < -0.3 is 5.32 Å². The fourth-order valence-electron chi connectivity index (χ4n) is 2.23. The number of amides is 1. The van der Waals surface area contributed by atoms with Crippen LogP contribution in [0.5, 0.6) is 0 Å². The number of piperazine rings is 1. The first-order valence-corrected chi connectivity index (χ1v) is 5.42. The Morgan fingerprint density at radius 2 is 1.86 bits per heavy atom. The molecule has 1 amide bonds. The average molecular weight is 196 g/mol. The lowest BCUT2D eigenvalue weighted by Crippen LogP contribution is -2.69. The molecule has 0 aromatic carbocycles. The molecule has 14 heavy (non-hydrogen) atoms. The van der Waals surface area contributed by atoms with E-state index < -0.39 is 0 Å². The molecule has 1 aliphatic carbocycles. The molecule has 0 bridgehead atoms. The largest absolute Gasteiger partial charge is 0.348 e. The summed E-state index contributed by atoms with van der Waals surface area (Å²) < 4.78 is 0. The Balaban J connectivity index is 2.22. The van der Waals surface area contributed by atoms with Crippen molar-refractivity contribution < 1.29 is 4.79 Å². The minimum Gasteiger partial charge on any atom is -0.348 e. The van der Waals surface area contributed by atoms with E-state index in [1.54, 1.807) is 0 Å². The third kappa shape index (κ3) is 1.54. The number of rotatable bonds is 1. The van der Waals surface area contributed by atoms with Gasteiger partial charge in [-0.25, -0.2) is 0 Å². The van der Waals surface area contributed by atoms with E-state index in [9.17, 15) is 4.79 Å². The fourth-order valence-corrected chi connectivity index (χ4v) is 2.23. The van der Waals surface area contributed by atoms with Crippen LogP contribution in [0.25, 0.3) is 0 Å². The first-order valence-electron chi connectivity index (χ1n) is 5.42. The molecule has 0 spiro atoms. The zero-order valence-corrected chi connectivity index (χ0v) is 9.55. The topological polar surface area (TPSA) is 32.3 Å². The van der Waals surface area contributed by atoms with Gasteiger partial charge >= 0.3 is 0 Å². The normalized spacial score (nSPS) is 31.3. The van der Waals surface area contributed by atoms with Crippen molar-refractivity contribution in [2.24, 2.45) is 0 Å². The molecule has 1 saturated carbocycles. The van der Waals surface area contributed by atoms with E-state index in [-0.39, 0.29) is 17.0 Å². The summed E-state index contributed by atoms with van der Waals surface area (Å²) in [5, 5.41) is 3.08. The van der Waals surface area contributed by atoms with Crippen molar-refractivity contribution in [1.29, 1.82) is 0 Å². The molecule has 0 aromatic heterocycles. The van der Waals surface area contributed by atoms with Crippen molar-refractivity contribution in [2.45, 2.75) is 57.7 Å². The van der Waals surface area contributed by atoms with Gasteiger partial charge in [-0.05, 0) is 40.5 Å². The Labute approximate surface area is 85.8 Å². The van der Waals surface area contributed by atoms with Crippen LogP contribution in [0, 0.1) is 0 Å². The highest BCUT2D eigenvalue weighted by Gasteiger charge is 2.49. The molecule has 2 fully saturated rings. The SMILES string of the molecule is CC1(C)CN(C2CC2)C(C)(C)C(=O)N1. The average Bonchev–Trinajstić information content (AvgIpc) is 2.79. The molecule has 0 radical (unpaired) electrons. The molecule has 0 atom stereocenters. The standard InChI is InChI=1S/C11H20N2O/c1-10(2)7-13(8-5-6-8)11(3,4)9(14)12-10/h8H,5-7H2,1-4H3,(H,12,14). The lowest BCUT2D eigenvalue weighted by atomic mass is 9.90. The second-order valence-corrected chi connectivity index (χ2v) is 5.76. The van der Waals surface area contributed by atoms with E-state index in [0.717, 1.165) is 6.54 Å². The predicted molar refractivity (Wildman–Crippen MR) is 56.0 cm³/mol. The maximum atomic E-state index is 11.9. The van der Waals surface area contributed by atoms with Gasteiger partial charge in [0, 0.05) is 18.1 Å². The number of hydrogen-bond acceptors (Lipinski definition) is 2. The number of carbonyl (C=O) groups excluding carboxylic acids is 1. The van der Waals surface area contributed by atoms with Crippen LogP contribution in [0.4, 0.5) is 0 Å². The van der Waals surface area contributed by atoms with Gasteiger partial charge in [0.2, 0.25) is 5.91 Å². The van der Waals surface area contributed by atoms with E-state index in [4.69, 9.17) is 0 Å². The maximum absolute atomic E-state index is 11.9. The monoisotopic (exact) mass is 196 g/mol. The summed E-state index contributed by atoms with van der Waals surface area (Å²) in [4.78, 5) is 14.3. The van der Waals surface area contributed by atoms with Crippen LogP contribution in [0.2, 0.25) is 0 Å². The Kier molecular flexibility index (Phi) is 1.94. The smallest absolute Gasteiger partial charge is 0.240 e. The van der Waals surface area contributed by atoms with Crippen molar-refractivity contribution >= 4 is 5.91 Å². The Morgan fingerprint density at radius 3 is 2.36 bits per heavy atom. The molecule has 0 aromatic rings. The molecule has 80 valence electrons. The third-order valence-corrected chi connectivity index (χ3v) is 3.28. The molecule has 1 heterocycles. The Hall–Kier alpha value is -0.570. The van der Waals surface area contributed by atoms with Crippen LogP contribution >= 0.6 is 0 Å². The van der Waals surface area contributed by atoms with Crippen molar-refractivity contribution in [3.63, 3.8) is 0 Å². The molecule has 1 saturated heterocycles. The van der Waals surface area contributed by atoms with E-state index in [1.807, 2.05) is 13.8 Å². The van der Waals surface area contributed by atoms with Crippen LogP contribution in [0.1, 0.15) is 40.5 Å². The predicted octanol–water partition coefficient (Wildman–Crippen LogP) is 1.14. The molecule has 1 N–H and O–H groups in total. The highest BCUT2D eigenvalue weighted by molar-refractivity contribution is 5.87. The third-order valence-electron chi connectivity index (χ3n) is 3.28. The lowest BCUT2D eigenvalue weighted by molar-refractivity contribution is -0.140. The van der Waals surface area contributed by atoms with Gasteiger partial charge in [0.1, 0.15) is 0 Å². The zero-order chi connectivity index (χ0) is 10.6. The molecular weight excluding hydrogens is 176 g/mol. The van der Waals surface area contributed by atoms with Gasteiger partial charge in [0.05, 0.1) is 5.54 Å². The van der Waals surface area contributed by atoms with Crippen LogP contribution in [-0.2, 0) is 4.79 Å². The summed E-state index contributed by atoms with van der Waals surface area (Å²) >= 11 is 0. The quantitative estimate of drug-likeness (QED) is 0.682. The highest BCUT2D eigenvalue weighted by atomic mass is 16.2. The van der Waals surface area contributed by atoms with Crippen LogP contribution < -0.4 is 5.32 Å². The van der Waals surface area contributed by atoms with Gasteiger partial charge in [-0.15, -0.1) is 0 Å². The van der Waals surface area contributed by atoms with Crippen molar-refractivity contribution in [1.82, 2.24) is 10.2 Å². The summed E-state index contributed by atoms with van der Waals surface area (Å²) in [5.41, 5.74) is -0.397. The first kappa shape index (κ1) is 9.97. The summed E-state index contributed by atoms with van der Waals surface area (Å²) in [5.74, 6) is 0.167. The first-order chi connectivity index (χ1) is 6.33. The van der Waals surface area contributed by atoms with Gasteiger partial charge in [0.25, 0.3) is 0 Å². The molecule has 2 aliphatic rings. The van der Waals surface area contributed by atoms with Gasteiger partial charge in [0.15, 0.2) is 0 Å². The minimum absolute atomic E-state index is 0.0742. The van der Waals surface area contributed by atoms with Crippen LogP contribution in [0.15, 0.2) is 0 Å². The molecule has 3 nitrogen and oxygen atoms in total.